The molecule has 0 spiro atoms. The number of rotatable bonds is 11. The highest BCUT2D eigenvalue weighted by molar-refractivity contribution is 8.23. The van der Waals surface area contributed by atoms with Crippen molar-refractivity contribution in [2.24, 2.45) is 5.73 Å². The number of nitrogens with two attached hydrogens (primary N) is 1. The predicted molar refractivity (Wildman–Crippen MR) is 133 cm³/mol. The molecule has 1 heterocycles. The fourth-order valence-corrected chi connectivity index (χ4v) is 6.00. The number of halogens is 2. The molecule has 10 heteroatoms. The molecule has 0 aromatic heterocycles. The Morgan fingerprint density at radius 3 is 2.69 bits per heavy atom. The lowest BCUT2D eigenvalue weighted by Crippen LogP contribution is -2.35. The summed E-state index contributed by atoms with van der Waals surface area (Å²) in [4.78, 5) is 2.23. The molecule has 3 rings (SSSR count). The SMILES string of the molecule is CN1Cc2c(Cl)cc(Cl)cc2C(C2=CC=CC(S(O)(O)NCCOCCOCCN)C2)C1. The Morgan fingerprint density at radius 1 is 1.19 bits per heavy atom. The molecule has 2 atom stereocenters. The summed E-state index contributed by atoms with van der Waals surface area (Å²) in [5.74, 6) is 0.0967. The largest absolute Gasteiger partial charge is 0.378 e. The molecule has 180 valence electrons. The van der Waals surface area contributed by atoms with E-state index in [1.54, 1.807) is 6.07 Å². The molecule has 1 aliphatic carbocycles. The summed E-state index contributed by atoms with van der Waals surface area (Å²) < 4.78 is 35.1. The fraction of sp³-hybridized carbons (Fsp3) is 0.545. The van der Waals surface area contributed by atoms with Crippen LogP contribution in [0.5, 0.6) is 0 Å². The molecule has 1 aliphatic heterocycles. The number of nitrogens with zero attached hydrogens (tertiary/aromatic N) is 1. The molecule has 0 fully saturated rings. The van der Waals surface area contributed by atoms with E-state index < -0.39 is 16.0 Å². The van der Waals surface area contributed by atoms with Gasteiger partial charge in [-0.1, -0.05) is 47.0 Å². The Labute approximate surface area is 202 Å². The van der Waals surface area contributed by atoms with Crippen molar-refractivity contribution in [1.82, 2.24) is 9.62 Å². The Balaban J connectivity index is 1.58. The quantitative estimate of drug-likeness (QED) is 0.337. The lowest BCUT2D eigenvalue weighted by molar-refractivity contribution is 0.0529. The topological polar surface area (TPSA) is 100 Å². The highest BCUT2D eigenvalue weighted by Gasteiger charge is 2.33. The second-order valence-corrected chi connectivity index (χ2v) is 11.0. The lowest BCUT2D eigenvalue weighted by Gasteiger charge is -2.42. The lowest BCUT2D eigenvalue weighted by atomic mass is 9.81. The number of benzene rings is 1. The van der Waals surface area contributed by atoms with Crippen molar-refractivity contribution in [1.29, 1.82) is 0 Å². The van der Waals surface area contributed by atoms with Crippen LogP contribution in [-0.2, 0) is 16.0 Å². The van der Waals surface area contributed by atoms with E-state index in [1.165, 1.54) is 0 Å². The summed E-state index contributed by atoms with van der Waals surface area (Å²) in [5.41, 5.74) is 8.70. The highest BCUT2D eigenvalue weighted by Crippen LogP contribution is 2.48. The Bertz CT molecular complexity index is 838. The number of nitrogens with one attached hydrogen (secondary N) is 1. The zero-order valence-electron chi connectivity index (χ0n) is 18.3. The summed E-state index contributed by atoms with van der Waals surface area (Å²) in [7, 11) is -0.971. The Morgan fingerprint density at radius 2 is 1.94 bits per heavy atom. The zero-order chi connectivity index (χ0) is 23.1. The normalized spacial score (nSPS) is 22.0. The van der Waals surface area contributed by atoms with Crippen molar-refractivity contribution in [3.05, 3.63) is 57.1 Å². The maximum absolute atomic E-state index is 10.8. The van der Waals surface area contributed by atoms with Crippen LogP contribution >= 0.6 is 34.0 Å². The molecule has 1 aromatic rings. The maximum Gasteiger partial charge on any atom is 0.0858 e. The van der Waals surface area contributed by atoms with Crippen LogP contribution in [-0.4, -0.2) is 72.4 Å². The first-order valence-corrected chi connectivity index (χ1v) is 13.1. The molecular weight excluding hydrogens is 473 g/mol. The molecule has 2 aliphatic rings. The Hall–Kier alpha value is -0.650. The van der Waals surface area contributed by atoms with Gasteiger partial charge < -0.3 is 20.1 Å². The average molecular weight is 506 g/mol. The molecule has 2 unspecified atom stereocenters. The Kier molecular flexibility index (Phi) is 9.87. The van der Waals surface area contributed by atoms with E-state index in [1.807, 2.05) is 18.2 Å². The standard InChI is InChI=1S/C22H33Cl2N3O4S/c1-27-14-20(19-12-17(23)13-22(24)21(19)15-27)16-3-2-4-18(11-16)32(28,29)26-6-8-31-10-9-30-7-5-25/h2-4,12-13,18,20,26,28-29H,5-11,14-15,25H2,1H3. The summed E-state index contributed by atoms with van der Waals surface area (Å²) in [6, 6.07) is 3.77. The van der Waals surface area contributed by atoms with Gasteiger partial charge in [0, 0.05) is 42.1 Å². The van der Waals surface area contributed by atoms with Crippen molar-refractivity contribution in [2.75, 3.05) is 53.1 Å². The van der Waals surface area contributed by atoms with Crippen LogP contribution < -0.4 is 10.5 Å². The smallest absolute Gasteiger partial charge is 0.0858 e. The van der Waals surface area contributed by atoms with Gasteiger partial charge in [-0.05, 0) is 36.7 Å². The number of ether oxygens (including phenoxy) is 2. The van der Waals surface area contributed by atoms with E-state index in [4.69, 9.17) is 38.4 Å². The maximum atomic E-state index is 10.8. The molecule has 0 saturated heterocycles. The third-order valence-corrected chi connectivity index (χ3v) is 7.98. The summed E-state index contributed by atoms with van der Waals surface area (Å²) >= 11 is 12.8. The molecule has 0 amide bonds. The minimum Gasteiger partial charge on any atom is -0.378 e. The second kappa shape index (κ2) is 12.2. The predicted octanol–water partition coefficient (Wildman–Crippen LogP) is 4.02. The minimum atomic E-state index is -3.03. The fourth-order valence-electron chi connectivity index (χ4n) is 4.09. The van der Waals surface area contributed by atoms with Crippen LogP contribution in [0.4, 0.5) is 0 Å². The van der Waals surface area contributed by atoms with Gasteiger partial charge in [0.05, 0.1) is 31.7 Å². The average Bonchev–Trinajstić information content (AvgIpc) is 2.76. The number of hydrogen-bond donors (Lipinski definition) is 4. The molecule has 1 aromatic carbocycles. The van der Waals surface area contributed by atoms with Gasteiger partial charge in [0.2, 0.25) is 0 Å². The molecule has 0 saturated carbocycles. The van der Waals surface area contributed by atoms with E-state index in [9.17, 15) is 9.11 Å². The van der Waals surface area contributed by atoms with Gasteiger partial charge in [-0.3, -0.25) is 9.11 Å². The van der Waals surface area contributed by atoms with Gasteiger partial charge in [0.15, 0.2) is 0 Å². The summed E-state index contributed by atoms with van der Waals surface area (Å²) in [6.45, 7) is 4.18. The number of hydrogen-bond acceptors (Lipinski definition) is 7. The molecule has 0 bridgehead atoms. The van der Waals surface area contributed by atoms with Crippen LogP contribution in [0.2, 0.25) is 10.0 Å². The van der Waals surface area contributed by atoms with Crippen molar-refractivity contribution < 1.29 is 18.6 Å². The third-order valence-electron chi connectivity index (χ3n) is 5.63. The van der Waals surface area contributed by atoms with E-state index in [0.717, 1.165) is 29.8 Å². The van der Waals surface area contributed by atoms with Crippen LogP contribution in [0, 0.1) is 0 Å². The van der Waals surface area contributed by atoms with Crippen LogP contribution in [0.3, 0.4) is 0 Å². The minimum absolute atomic E-state index is 0.0967. The van der Waals surface area contributed by atoms with Crippen LogP contribution in [0.1, 0.15) is 23.5 Å². The summed E-state index contributed by atoms with van der Waals surface area (Å²) in [5, 5.41) is 0.874. The highest BCUT2D eigenvalue weighted by atomic mass is 35.5. The molecule has 7 nitrogen and oxygen atoms in total. The molecule has 0 radical (unpaired) electrons. The van der Waals surface area contributed by atoms with E-state index in [-0.39, 0.29) is 5.92 Å². The number of likely N-dealkylation sites (N-methyl/N-ethyl adjacent to an activating group) is 1. The van der Waals surface area contributed by atoms with Crippen LogP contribution in [0.15, 0.2) is 35.9 Å². The van der Waals surface area contributed by atoms with Crippen molar-refractivity contribution >= 4 is 34.0 Å². The van der Waals surface area contributed by atoms with E-state index in [0.29, 0.717) is 56.0 Å². The summed E-state index contributed by atoms with van der Waals surface area (Å²) in [6.07, 6.45) is 6.37. The third kappa shape index (κ3) is 6.93. The first kappa shape index (κ1) is 26.0. The first-order chi connectivity index (χ1) is 15.3. The van der Waals surface area contributed by atoms with E-state index in [2.05, 4.69) is 22.7 Å². The van der Waals surface area contributed by atoms with Gasteiger partial charge in [-0.15, -0.1) is 10.8 Å². The number of fused-ring (bicyclic) bond motifs is 1. The monoisotopic (exact) mass is 505 g/mol. The molecule has 5 N–H and O–H groups in total. The molecule has 32 heavy (non-hydrogen) atoms. The van der Waals surface area contributed by atoms with Crippen molar-refractivity contribution in [2.45, 2.75) is 24.1 Å². The van der Waals surface area contributed by atoms with Crippen molar-refractivity contribution in [3.8, 4) is 0 Å². The molecular formula is C22H33Cl2N3O4S. The van der Waals surface area contributed by atoms with Gasteiger partial charge in [0.1, 0.15) is 0 Å². The van der Waals surface area contributed by atoms with Crippen LogP contribution in [0.25, 0.3) is 0 Å². The van der Waals surface area contributed by atoms with Gasteiger partial charge in [-0.2, -0.15) is 0 Å². The zero-order valence-corrected chi connectivity index (χ0v) is 20.6. The second-order valence-electron chi connectivity index (χ2n) is 8.07. The van der Waals surface area contributed by atoms with Gasteiger partial charge in [0.25, 0.3) is 0 Å². The van der Waals surface area contributed by atoms with E-state index >= 15 is 0 Å². The van der Waals surface area contributed by atoms with Gasteiger partial charge in [-0.25, -0.2) is 4.72 Å². The first-order valence-electron chi connectivity index (χ1n) is 10.7. The van der Waals surface area contributed by atoms with Gasteiger partial charge >= 0.3 is 0 Å². The van der Waals surface area contributed by atoms with Crippen molar-refractivity contribution in [3.63, 3.8) is 0 Å². The number of allylic oxidation sites excluding steroid dienone is 2.